The fourth-order valence-corrected chi connectivity index (χ4v) is 6.23. The van der Waals surface area contributed by atoms with Crippen LogP contribution in [-0.2, 0) is 16.1 Å². The molecule has 2 aliphatic heterocycles. The summed E-state index contributed by atoms with van der Waals surface area (Å²) in [5.41, 5.74) is 6.70. The molecule has 2 aromatic carbocycles. The lowest BCUT2D eigenvalue weighted by atomic mass is 9.58. The van der Waals surface area contributed by atoms with Gasteiger partial charge in [-0.2, -0.15) is 15.8 Å². The van der Waals surface area contributed by atoms with E-state index >= 15 is 0 Å². The van der Waals surface area contributed by atoms with Crippen molar-refractivity contribution in [2.24, 2.45) is 17.1 Å². The zero-order valence-corrected chi connectivity index (χ0v) is 25.3. The van der Waals surface area contributed by atoms with Crippen molar-refractivity contribution in [3.8, 4) is 29.7 Å². The number of nitrogens with zero attached hydrogens (tertiary/aromatic N) is 5. The van der Waals surface area contributed by atoms with Crippen molar-refractivity contribution in [1.82, 2.24) is 9.80 Å². The summed E-state index contributed by atoms with van der Waals surface area (Å²) in [4.78, 5) is 17.0. The average molecular weight is 609 g/mol. The number of nitrogens with two attached hydrogens (primary N) is 1. The highest BCUT2D eigenvalue weighted by Gasteiger charge is 2.55. The van der Waals surface area contributed by atoms with Crippen molar-refractivity contribution in [1.29, 1.82) is 15.8 Å². The topological polar surface area (TPSA) is 158 Å². The van der Waals surface area contributed by atoms with Crippen LogP contribution in [0, 0.1) is 45.3 Å². The number of hydrogen-bond acceptors (Lipinski definition) is 10. The molecule has 11 heteroatoms. The maximum Gasteiger partial charge on any atom is 0.410 e. The molecule has 0 aromatic heterocycles. The second-order valence-corrected chi connectivity index (χ2v) is 11.1. The highest BCUT2D eigenvalue weighted by atomic mass is 16.6. The first-order valence-corrected chi connectivity index (χ1v) is 15.0. The van der Waals surface area contributed by atoms with E-state index in [-0.39, 0.29) is 31.0 Å². The predicted molar refractivity (Wildman–Crippen MR) is 163 cm³/mol. The third-order valence-corrected chi connectivity index (χ3v) is 8.52. The van der Waals surface area contributed by atoms with Gasteiger partial charge >= 0.3 is 6.09 Å². The average Bonchev–Trinajstić information content (AvgIpc) is 3.08. The molecule has 45 heavy (non-hydrogen) atoms. The van der Waals surface area contributed by atoms with Crippen LogP contribution >= 0.6 is 0 Å². The summed E-state index contributed by atoms with van der Waals surface area (Å²) in [5.74, 6) is -0.402. The lowest BCUT2D eigenvalue weighted by Crippen LogP contribution is -2.49. The largest absolute Gasteiger partial charge is 0.490 e. The second-order valence-electron chi connectivity index (χ2n) is 11.1. The molecule has 2 heterocycles. The summed E-state index contributed by atoms with van der Waals surface area (Å²) in [6, 6.07) is 21.1. The summed E-state index contributed by atoms with van der Waals surface area (Å²) in [6.07, 6.45) is 1.23. The van der Waals surface area contributed by atoms with Crippen LogP contribution in [0.25, 0.3) is 0 Å². The van der Waals surface area contributed by atoms with Gasteiger partial charge in [-0.1, -0.05) is 42.5 Å². The van der Waals surface area contributed by atoms with Gasteiger partial charge in [-0.15, -0.1) is 0 Å². The minimum Gasteiger partial charge on any atom is -0.490 e. The van der Waals surface area contributed by atoms with Crippen LogP contribution in [0.2, 0.25) is 0 Å². The van der Waals surface area contributed by atoms with E-state index in [1.807, 2.05) is 37.3 Å². The second kappa shape index (κ2) is 14.2. The van der Waals surface area contributed by atoms with Crippen molar-refractivity contribution >= 4 is 6.09 Å². The van der Waals surface area contributed by atoms with Crippen LogP contribution in [0.4, 0.5) is 4.79 Å². The Balaban J connectivity index is 1.46. The number of ether oxygens (including phenoxy) is 4. The van der Waals surface area contributed by atoms with Crippen molar-refractivity contribution in [2.75, 3.05) is 59.2 Å². The molecule has 11 nitrogen and oxygen atoms in total. The Hall–Kier alpha value is -5.02. The van der Waals surface area contributed by atoms with Crippen LogP contribution in [0.3, 0.4) is 0 Å². The number of rotatable bonds is 9. The molecule has 1 amide bonds. The smallest absolute Gasteiger partial charge is 0.410 e. The van der Waals surface area contributed by atoms with Crippen molar-refractivity contribution < 1.29 is 23.7 Å². The highest BCUT2D eigenvalue weighted by Crippen LogP contribution is 2.55. The molecule has 2 aromatic rings. The van der Waals surface area contributed by atoms with Gasteiger partial charge in [0.25, 0.3) is 0 Å². The van der Waals surface area contributed by atoms with Gasteiger partial charge in [0.1, 0.15) is 19.3 Å². The molecule has 0 unspecified atom stereocenters. The van der Waals surface area contributed by atoms with Gasteiger partial charge in [0.2, 0.25) is 0 Å². The first-order chi connectivity index (χ1) is 21.9. The molecule has 5 rings (SSSR count). The minimum atomic E-state index is -1.87. The van der Waals surface area contributed by atoms with Crippen LogP contribution in [0.1, 0.15) is 24.0 Å². The monoisotopic (exact) mass is 608 g/mol. The van der Waals surface area contributed by atoms with E-state index in [4.69, 9.17) is 24.7 Å². The van der Waals surface area contributed by atoms with Crippen LogP contribution in [-0.4, -0.2) is 75.0 Å². The summed E-state index contributed by atoms with van der Waals surface area (Å²) in [6.45, 7) is 6.91. The van der Waals surface area contributed by atoms with Crippen molar-refractivity contribution in [3.05, 3.63) is 82.6 Å². The van der Waals surface area contributed by atoms with E-state index in [0.29, 0.717) is 49.1 Å². The number of morpholine rings is 1. The molecule has 3 aliphatic rings. The molecule has 1 fully saturated rings. The minimum absolute atomic E-state index is 0.0913. The lowest BCUT2D eigenvalue weighted by molar-refractivity contribution is 0.0321. The summed E-state index contributed by atoms with van der Waals surface area (Å²) >= 11 is 0. The Labute approximate surface area is 263 Å². The Morgan fingerprint density at radius 2 is 1.82 bits per heavy atom. The molecule has 2 N–H and O–H groups in total. The number of fused-ring (bicyclic) bond motifs is 1. The fraction of sp³-hybridized carbons (Fsp3) is 0.412. The molecule has 0 bridgehead atoms. The molecule has 0 saturated carbocycles. The number of benzene rings is 2. The van der Waals surface area contributed by atoms with Gasteiger partial charge < -0.3 is 29.6 Å². The van der Waals surface area contributed by atoms with Gasteiger partial charge in [-0.3, -0.25) is 4.90 Å². The van der Waals surface area contributed by atoms with Gasteiger partial charge in [0, 0.05) is 44.6 Å². The van der Waals surface area contributed by atoms with Gasteiger partial charge in [-0.05, 0) is 35.8 Å². The predicted octanol–water partition coefficient (Wildman–Crippen LogP) is 3.86. The standard InChI is InChI=1S/C34H36N6O5/c1-2-43-30-18-25(8-9-29(30)44-17-14-39-12-15-42-16-13-39)31-28-20-40(33(41)45-21-24-6-4-3-5-7-24)11-10-26(28)27(19-35)32(38)34(31,22-36)23-37/h3-10,18,28,31H,2,11-17,20-21,38H2,1H3/t28-,31-/m0/s1. The maximum absolute atomic E-state index is 13.2. The van der Waals surface area contributed by atoms with Crippen LogP contribution < -0.4 is 15.2 Å². The van der Waals surface area contributed by atoms with Gasteiger partial charge in [0.05, 0.1) is 43.2 Å². The Bertz CT molecular complexity index is 1560. The SMILES string of the molecule is CCOc1cc([C@H]2[C@H]3CN(C(=O)OCc4ccccc4)CC=C3C(C#N)=C(N)C2(C#N)C#N)ccc1OCCN1CCOCC1. The first kappa shape index (κ1) is 31.4. The van der Waals surface area contributed by atoms with E-state index < -0.39 is 23.3 Å². The van der Waals surface area contributed by atoms with Crippen molar-refractivity contribution in [3.63, 3.8) is 0 Å². The van der Waals surface area contributed by atoms with E-state index in [1.165, 1.54) is 4.90 Å². The van der Waals surface area contributed by atoms with E-state index in [2.05, 4.69) is 23.1 Å². The maximum atomic E-state index is 13.2. The number of hydrogen-bond donors (Lipinski definition) is 1. The van der Waals surface area contributed by atoms with Gasteiger partial charge in [-0.25, -0.2) is 4.79 Å². The Kier molecular flexibility index (Phi) is 9.89. The van der Waals surface area contributed by atoms with E-state index in [9.17, 15) is 20.6 Å². The molecule has 0 spiro atoms. The first-order valence-electron chi connectivity index (χ1n) is 15.0. The highest BCUT2D eigenvalue weighted by molar-refractivity contribution is 5.69. The molecular formula is C34H36N6O5. The number of nitriles is 3. The molecular weight excluding hydrogens is 572 g/mol. The van der Waals surface area contributed by atoms with Crippen molar-refractivity contribution in [2.45, 2.75) is 19.4 Å². The molecule has 0 radical (unpaired) electrons. The van der Waals surface area contributed by atoms with Gasteiger partial charge in [0.15, 0.2) is 16.9 Å². The Morgan fingerprint density at radius 3 is 2.51 bits per heavy atom. The quantitative estimate of drug-likeness (QED) is 0.443. The van der Waals surface area contributed by atoms with Crippen LogP contribution in [0.5, 0.6) is 11.5 Å². The molecule has 2 atom stereocenters. The zero-order valence-electron chi connectivity index (χ0n) is 25.3. The molecule has 1 aliphatic carbocycles. The number of allylic oxidation sites excluding steroid dienone is 2. The summed E-state index contributed by atoms with van der Waals surface area (Å²) in [7, 11) is 0. The lowest BCUT2D eigenvalue weighted by Gasteiger charge is -2.45. The number of amides is 1. The molecule has 232 valence electrons. The Morgan fingerprint density at radius 1 is 1.07 bits per heavy atom. The van der Waals surface area contributed by atoms with E-state index in [0.717, 1.165) is 25.2 Å². The zero-order chi connectivity index (χ0) is 31.8. The van der Waals surface area contributed by atoms with Crippen LogP contribution in [0.15, 0.2) is 71.5 Å². The third-order valence-electron chi connectivity index (χ3n) is 8.52. The third kappa shape index (κ3) is 6.44. The number of carbonyl (C=O) groups excluding carboxylic acids is 1. The normalized spacial score (nSPS) is 20.9. The van der Waals surface area contributed by atoms with E-state index in [1.54, 1.807) is 24.3 Å². The molecule has 1 saturated heterocycles. The fourth-order valence-electron chi connectivity index (χ4n) is 6.23. The number of carbonyl (C=O) groups is 1. The summed E-state index contributed by atoms with van der Waals surface area (Å²) < 4.78 is 23.1. The summed E-state index contributed by atoms with van der Waals surface area (Å²) in [5, 5.41) is 31.1.